The Morgan fingerprint density at radius 2 is 1.96 bits per heavy atom. The Kier molecular flexibility index (Phi) is 4.76. The average molecular weight is 312 g/mol. The topological polar surface area (TPSA) is 71.3 Å². The van der Waals surface area contributed by atoms with E-state index in [0.29, 0.717) is 23.6 Å². The zero-order valence-corrected chi connectivity index (χ0v) is 12.9. The Morgan fingerprint density at radius 3 is 2.70 bits per heavy atom. The van der Waals surface area contributed by atoms with Crippen molar-refractivity contribution in [2.75, 3.05) is 5.32 Å². The third-order valence-corrected chi connectivity index (χ3v) is 4.12. The van der Waals surface area contributed by atoms with E-state index in [1.54, 1.807) is 42.7 Å². The van der Waals surface area contributed by atoms with Crippen molar-refractivity contribution in [1.29, 1.82) is 0 Å². The highest BCUT2D eigenvalue weighted by Gasteiger charge is 2.22. The van der Waals surface area contributed by atoms with Gasteiger partial charge in [-0.15, -0.1) is 0 Å². The molecule has 1 fully saturated rings. The maximum Gasteiger partial charge on any atom is 0.251 e. The summed E-state index contributed by atoms with van der Waals surface area (Å²) in [6.45, 7) is 0.338. The Morgan fingerprint density at radius 1 is 1.13 bits per heavy atom. The molecule has 5 heteroatoms. The molecule has 120 valence electrons. The molecule has 1 aromatic heterocycles. The molecular weight excluding hydrogens is 292 g/mol. The van der Waals surface area contributed by atoms with Crippen LogP contribution in [0.4, 0.5) is 5.69 Å². The van der Waals surface area contributed by atoms with E-state index in [9.17, 15) is 9.59 Å². The summed E-state index contributed by atoms with van der Waals surface area (Å²) in [5, 5.41) is 5.70. The molecule has 1 saturated carbocycles. The molecule has 0 unspecified atom stereocenters. The molecule has 1 heterocycles. The number of rotatable bonds is 5. The van der Waals surface area contributed by atoms with Gasteiger partial charge in [-0.2, -0.15) is 0 Å². The summed E-state index contributed by atoms with van der Waals surface area (Å²) >= 11 is 0. The van der Waals surface area contributed by atoms with Gasteiger partial charge >= 0.3 is 0 Å². The predicted molar refractivity (Wildman–Crippen MR) is 86.9 cm³/mol. The van der Waals surface area contributed by atoms with Gasteiger partial charge in [-0.1, -0.05) is 18.9 Å². The van der Waals surface area contributed by atoms with Crippen LogP contribution in [0.5, 0.6) is 0 Å². The van der Waals surface area contributed by atoms with E-state index >= 15 is 0 Å². The van der Waals surface area contributed by atoms with Crippen LogP contribution in [-0.2, 0) is 11.3 Å². The molecular formula is C18H20N2O3. The van der Waals surface area contributed by atoms with Crippen molar-refractivity contribution >= 4 is 17.5 Å². The Bertz CT molecular complexity index is 673. The van der Waals surface area contributed by atoms with Crippen LogP contribution in [0.2, 0.25) is 0 Å². The van der Waals surface area contributed by atoms with Gasteiger partial charge in [0.05, 0.1) is 12.8 Å². The highest BCUT2D eigenvalue weighted by molar-refractivity contribution is 5.97. The second kappa shape index (κ2) is 7.13. The van der Waals surface area contributed by atoms with E-state index in [-0.39, 0.29) is 17.7 Å². The number of anilines is 1. The lowest BCUT2D eigenvalue weighted by Gasteiger charge is -2.11. The van der Waals surface area contributed by atoms with Crippen LogP contribution >= 0.6 is 0 Å². The fraction of sp³-hybridized carbons (Fsp3) is 0.333. The molecule has 0 atom stereocenters. The van der Waals surface area contributed by atoms with E-state index in [1.165, 1.54) is 0 Å². The third kappa shape index (κ3) is 4.00. The number of furan rings is 1. The van der Waals surface area contributed by atoms with Crippen LogP contribution in [-0.4, -0.2) is 11.8 Å². The first-order valence-corrected chi connectivity index (χ1v) is 7.94. The van der Waals surface area contributed by atoms with Crippen LogP contribution in [0.3, 0.4) is 0 Å². The first kappa shape index (κ1) is 15.3. The summed E-state index contributed by atoms with van der Waals surface area (Å²) in [7, 11) is 0. The van der Waals surface area contributed by atoms with Crippen molar-refractivity contribution in [3.8, 4) is 0 Å². The number of hydrogen-bond donors (Lipinski definition) is 2. The lowest BCUT2D eigenvalue weighted by atomic mass is 10.1. The minimum Gasteiger partial charge on any atom is -0.467 e. The monoisotopic (exact) mass is 312 g/mol. The first-order valence-electron chi connectivity index (χ1n) is 7.94. The minimum atomic E-state index is -0.196. The second-order valence-corrected chi connectivity index (χ2v) is 5.81. The lowest BCUT2D eigenvalue weighted by molar-refractivity contribution is -0.119. The van der Waals surface area contributed by atoms with Gasteiger partial charge in [0, 0.05) is 17.2 Å². The number of benzene rings is 1. The van der Waals surface area contributed by atoms with Crippen molar-refractivity contribution < 1.29 is 14.0 Å². The molecule has 0 aliphatic heterocycles. The molecule has 0 bridgehead atoms. The van der Waals surface area contributed by atoms with Gasteiger partial charge in [-0.3, -0.25) is 9.59 Å². The fourth-order valence-electron chi connectivity index (χ4n) is 2.85. The maximum absolute atomic E-state index is 12.2. The summed E-state index contributed by atoms with van der Waals surface area (Å²) in [4.78, 5) is 24.3. The van der Waals surface area contributed by atoms with Crippen LogP contribution < -0.4 is 10.6 Å². The molecule has 2 amide bonds. The maximum atomic E-state index is 12.2. The summed E-state index contributed by atoms with van der Waals surface area (Å²) in [5.41, 5.74) is 1.17. The largest absolute Gasteiger partial charge is 0.467 e. The Labute approximate surface area is 135 Å². The fourth-order valence-corrected chi connectivity index (χ4v) is 2.85. The number of hydrogen-bond acceptors (Lipinski definition) is 3. The molecule has 0 radical (unpaired) electrons. The highest BCUT2D eigenvalue weighted by atomic mass is 16.3. The molecule has 2 aromatic rings. The summed E-state index contributed by atoms with van der Waals surface area (Å²) in [5.74, 6) is 0.657. The van der Waals surface area contributed by atoms with Gasteiger partial charge in [0.2, 0.25) is 5.91 Å². The molecule has 2 N–H and O–H groups in total. The van der Waals surface area contributed by atoms with E-state index < -0.39 is 0 Å². The zero-order valence-electron chi connectivity index (χ0n) is 12.9. The average Bonchev–Trinajstić information content (AvgIpc) is 3.26. The molecule has 1 aliphatic rings. The van der Waals surface area contributed by atoms with E-state index in [4.69, 9.17) is 4.42 Å². The first-order chi connectivity index (χ1) is 11.2. The number of amides is 2. The van der Waals surface area contributed by atoms with E-state index in [1.807, 2.05) is 0 Å². The molecule has 5 nitrogen and oxygen atoms in total. The summed E-state index contributed by atoms with van der Waals surface area (Å²) in [6.07, 6.45) is 5.71. The van der Waals surface area contributed by atoms with Crippen molar-refractivity contribution in [2.24, 2.45) is 5.92 Å². The Balaban J connectivity index is 1.59. The lowest BCUT2D eigenvalue weighted by Crippen LogP contribution is -2.23. The van der Waals surface area contributed by atoms with E-state index in [2.05, 4.69) is 10.6 Å². The number of carbonyl (C=O) groups is 2. The van der Waals surface area contributed by atoms with Gasteiger partial charge in [0.25, 0.3) is 5.91 Å². The standard InChI is InChI=1S/C18H20N2O3/c21-17(19-12-16-9-4-10-23-16)14-7-3-8-15(11-14)20-18(22)13-5-1-2-6-13/h3-4,7-11,13H,1-2,5-6,12H2,(H,19,21)(H,20,22). The third-order valence-electron chi connectivity index (χ3n) is 4.12. The zero-order chi connectivity index (χ0) is 16.1. The molecule has 0 spiro atoms. The molecule has 23 heavy (non-hydrogen) atoms. The molecule has 3 rings (SSSR count). The Hall–Kier alpha value is -2.56. The van der Waals surface area contributed by atoms with Crippen molar-refractivity contribution in [2.45, 2.75) is 32.2 Å². The minimum absolute atomic E-state index is 0.0515. The normalized spacial score (nSPS) is 14.6. The second-order valence-electron chi connectivity index (χ2n) is 5.81. The van der Waals surface area contributed by atoms with Gasteiger partial charge in [0.15, 0.2) is 0 Å². The highest BCUT2D eigenvalue weighted by Crippen LogP contribution is 2.26. The SMILES string of the molecule is O=C(NCc1ccco1)c1cccc(NC(=O)C2CCCC2)c1. The molecule has 1 aliphatic carbocycles. The van der Waals surface area contributed by atoms with Crippen LogP contribution in [0.15, 0.2) is 47.1 Å². The smallest absolute Gasteiger partial charge is 0.251 e. The summed E-state index contributed by atoms with van der Waals surface area (Å²) < 4.78 is 5.18. The predicted octanol–water partition coefficient (Wildman–Crippen LogP) is 3.34. The van der Waals surface area contributed by atoms with Crippen LogP contribution in [0.1, 0.15) is 41.8 Å². The van der Waals surface area contributed by atoms with Crippen molar-refractivity contribution in [3.05, 3.63) is 54.0 Å². The van der Waals surface area contributed by atoms with Crippen molar-refractivity contribution in [3.63, 3.8) is 0 Å². The molecule has 1 aromatic carbocycles. The number of carbonyl (C=O) groups excluding carboxylic acids is 2. The molecule has 0 saturated heterocycles. The van der Waals surface area contributed by atoms with Crippen molar-refractivity contribution in [1.82, 2.24) is 5.32 Å². The summed E-state index contributed by atoms with van der Waals surface area (Å²) in [6, 6.07) is 10.6. The van der Waals surface area contributed by atoms with Crippen LogP contribution in [0, 0.1) is 5.92 Å². The van der Waals surface area contributed by atoms with Gasteiger partial charge in [0.1, 0.15) is 5.76 Å². The van der Waals surface area contributed by atoms with Gasteiger partial charge < -0.3 is 15.1 Å². The quantitative estimate of drug-likeness (QED) is 0.889. The van der Waals surface area contributed by atoms with Crippen LogP contribution in [0.25, 0.3) is 0 Å². The van der Waals surface area contributed by atoms with Gasteiger partial charge in [-0.05, 0) is 43.2 Å². The van der Waals surface area contributed by atoms with Gasteiger partial charge in [-0.25, -0.2) is 0 Å². The number of nitrogens with one attached hydrogen (secondary N) is 2. The van der Waals surface area contributed by atoms with E-state index in [0.717, 1.165) is 25.7 Å².